The minimum atomic E-state index is -2.98. The largest absolute Gasteiger partial charge is 0.334 e. The van der Waals surface area contributed by atoms with Crippen molar-refractivity contribution in [1.82, 2.24) is 5.32 Å². The Hall–Kier alpha value is -1.56. The first-order valence-corrected chi connectivity index (χ1v) is 8.95. The fourth-order valence-corrected chi connectivity index (χ4v) is 4.06. The van der Waals surface area contributed by atoms with Crippen molar-refractivity contribution < 1.29 is 13.2 Å². The molecule has 0 radical (unpaired) electrons. The fraction of sp³-hybridized carbons (Fsp3) is 0.533. The molecule has 0 aromatic heterocycles. The molecule has 1 aliphatic rings. The number of sulfone groups is 1. The summed E-state index contributed by atoms with van der Waals surface area (Å²) in [6, 6.07) is 7.26. The van der Waals surface area contributed by atoms with Gasteiger partial charge in [-0.1, -0.05) is 26.0 Å². The molecular formula is C15H22N2O3S. The van der Waals surface area contributed by atoms with E-state index < -0.39 is 9.84 Å². The Morgan fingerprint density at radius 3 is 2.67 bits per heavy atom. The summed E-state index contributed by atoms with van der Waals surface area (Å²) in [5.41, 5.74) is 1.97. The highest BCUT2D eigenvalue weighted by Crippen LogP contribution is 2.21. The number of urea groups is 1. The van der Waals surface area contributed by atoms with Gasteiger partial charge in [-0.05, 0) is 30.0 Å². The summed E-state index contributed by atoms with van der Waals surface area (Å²) in [6.45, 7) is 4.20. The zero-order valence-corrected chi connectivity index (χ0v) is 13.5. The highest BCUT2D eigenvalue weighted by molar-refractivity contribution is 7.91. The number of hydrogen-bond donors (Lipinski definition) is 1. The number of amides is 2. The van der Waals surface area contributed by atoms with E-state index in [4.69, 9.17) is 0 Å². The summed E-state index contributed by atoms with van der Waals surface area (Å²) >= 11 is 0. The van der Waals surface area contributed by atoms with E-state index >= 15 is 0 Å². The van der Waals surface area contributed by atoms with Crippen molar-refractivity contribution >= 4 is 21.6 Å². The van der Waals surface area contributed by atoms with Crippen LogP contribution in [-0.4, -0.2) is 39.0 Å². The summed E-state index contributed by atoms with van der Waals surface area (Å²) < 4.78 is 22.8. The molecule has 0 spiro atoms. The van der Waals surface area contributed by atoms with Crippen molar-refractivity contribution in [3.05, 3.63) is 29.8 Å². The second kappa shape index (κ2) is 6.05. The van der Waals surface area contributed by atoms with E-state index in [2.05, 4.69) is 19.2 Å². The fourth-order valence-electron chi connectivity index (χ4n) is 2.39. The average molecular weight is 310 g/mol. The predicted molar refractivity (Wildman–Crippen MR) is 84.5 cm³/mol. The van der Waals surface area contributed by atoms with Crippen LogP contribution in [0.4, 0.5) is 10.5 Å². The Labute approximate surface area is 126 Å². The number of benzene rings is 1. The predicted octanol–water partition coefficient (Wildman–Crippen LogP) is 2.14. The van der Waals surface area contributed by atoms with E-state index in [1.54, 1.807) is 7.05 Å². The molecule has 1 N–H and O–H groups in total. The molecule has 0 bridgehead atoms. The quantitative estimate of drug-likeness (QED) is 0.930. The molecule has 1 saturated heterocycles. The molecule has 2 rings (SSSR count). The lowest BCUT2D eigenvalue weighted by Crippen LogP contribution is -2.43. The Morgan fingerprint density at radius 1 is 1.38 bits per heavy atom. The Bertz CT molecular complexity index is 626. The second-order valence-corrected chi connectivity index (χ2v) is 8.09. The number of hydrogen-bond acceptors (Lipinski definition) is 3. The van der Waals surface area contributed by atoms with Crippen LogP contribution in [0, 0.1) is 0 Å². The second-order valence-electron chi connectivity index (χ2n) is 5.86. The molecule has 0 unspecified atom stereocenters. The third-order valence-electron chi connectivity index (χ3n) is 3.79. The molecule has 0 aliphatic carbocycles. The van der Waals surface area contributed by atoms with Crippen LogP contribution >= 0.6 is 0 Å². The maximum Gasteiger partial charge on any atom is 0.321 e. The number of nitrogens with zero attached hydrogens (tertiary/aromatic N) is 1. The molecule has 1 atom stereocenters. The molecule has 2 amide bonds. The Balaban J connectivity index is 2.04. The van der Waals surface area contributed by atoms with Crippen LogP contribution in [-0.2, 0) is 9.84 Å². The molecule has 116 valence electrons. The van der Waals surface area contributed by atoms with Gasteiger partial charge < -0.3 is 5.32 Å². The molecule has 1 aromatic carbocycles. The van der Waals surface area contributed by atoms with Crippen molar-refractivity contribution in [2.75, 3.05) is 23.5 Å². The van der Waals surface area contributed by atoms with Crippen molar-refractivity contribution in [2.24, 2.45) is 0 Å². The standard InChI is InChI=1S/C15H22N2O3S/c1-11(2)12-5-4-6-14(9-12)17(3)15(18)16-13-7-8-21(19,20)10-13/h4-6,9,11,13H,7-8,10H2,1-3H3,(H,16,18)/t13-/m0/s1. The number of rotatable bonds is 3. The van der Waals surface area contributed by atoms with E-state index in [1.165, 1.54) is 4.90 Å². The van der Waals surface area contributed by atoms with Gasteiger partial charge >= 0.3 is 6.03 Å². The third kappa shape index (κ3) is 3.97. The lowest BCUT2D eigenvalue weighted by atomic mass is 10.0. The smallest absolute Gasteiger partial charge is 0.321 e. The summed E-state index contributed by atoms with van der Waals surface area (Å²) in [5, 5.41) is 2.79. The molecule has 6 heteroatoms. The summed E-state index contributed by atoms with van der Waals surface area (Å²) in [5.74, 6) is 0.588. The van der Waals surface area contributed by atoms with Gasteiger partial charge in [-0.25, -0.2) is 13.2 Å². The maximum atomic E-state index is 12.2. The number of anilines is 1. The van der Waals surface area contributed by atoms with Crippen LogP contribution in [0.2, 0.25) is 0 Å². The van der Waals surface area contributed by atoms with Gasteiger partial charge in [-0.2, -0.15) is 0 Å². The molecule has 1 aromatic rings. The van der Waals surface area contributed by atoms with Gasteiger partial charge in [0.05, 0.1) is 11.5 Å². The number of carbonyl (C=O) groups is 1. The van der Waals surface area contributed by atoms with E-state index in [-0.39, 0.29) is 23.6 Å². The van der Waals surface area contributed by atoms with Crippen molar-refractivity contribution in [3.8, 4) is 0 Å². The third-order valence-corrected chi connectivity index (χ3v) is 5.56. The lowest BCUT2D eigenvalue weighted by Gasteiger charge is -2.21. The van der Waals surface area contributed by atoms with E-state index in [0.717, 1.165) is 11.3 Å². The Morgan fingerprint density at radius 2 is 2.10 bits per heavy atom. The zero-order chi connectivity index (χ0) is 15.6. The molecule has 0 saturated carbocycles. The van der Waals surface area contributed by atoms with Crippen LogP contribution in [0.25, 0.3) is 0 Å². The van der Waals surface area contributed by atoms with Crippen LogP contribution in [0.5, 0.6) is 0 Å². The first-order chi connectivity index (χ1) is 9.78. The van der Waals surface area contributed by atoms with E-state index in [0.29, 0.717) is 12.3 Å². The van der Waals surface area contributed by atoms with Gasteiger partial charge in [-0.15, -0.1) is 0 Å². The first kappa shape index (κ1) is 15.8. The molecular weight excluding hydrogens is 288 g/mol. The van der Waals surface area contributed by atoms with Crippen LogP contribution in [0.3, 0.4) is 0 Å². The van der Waals surface area contributed by atoms with Gasteiger partial charge in [0.15, 0.2) is 9.84 Å². The maximum absolute atomic E-state index is 12.2. The van der Waals surface area contributed by atoms with Gasteiger partial charge in [0.1, 0.15) is 0 Å². The van der Waals surface area contributed by atoms with Gasteiger partial charge in [0.2, 0.25) is 0 Å². The Kier molecular flexibility index (Phi) is 4.56. The van der Waals surface area contributed by atoms with Crippen LogP contribution in [0.1, 0.15) is 31.7 Å². The summed E-state index contributed by atoms with van der Waals surface area (Å²) in [6.07, 6.45) is 0.494. The molecule has 1 aliphatic heterocycles. The van der Waals surface area contributed by atoms with Crippen molar-refractivity contribution in [2.45, 2.75) is 32.2 Å². The highest BCUT2D eigenvalue weighted by Gasteiger charge is 2.29. The molecule has 1 heterocycles. The zero-order valence-electron chi connectivity index (χ0n) is 12.7. The van der Waals surface area contributed by atoms with Gasteiger partial charge in [0, 0.05) is 18.8 Å². The minimum Gasteiger partial charge on any atom is -0.334 e. The molecule has 1 fully saturated rings. The normalized spacial score (nSPS) is 20.5. The van der Waals surface area contributed by atoms with Crippen molar-refractivity contribution in [3.63, 3.8) is 0 Å². The van der Waals surface area contributed by atoms with Gasteiger partial charge in [0.25, 0.3) is 0 Å². The highest BCUT2D eigenvalue weighted by atomic mass is 32.2. The topological polar surface area (TPSA) is 66.5 Å². The van der Waals surface area contributed by atoms with Crippen LogP contribution < -0.4 is 10.2 Å². The van der Waals surface area contributed by atoms with Gasteiger partial charge in [-0.3, -0.25) is 4.90 Å². The monoisotopic (exact) mass is 310 g/mol. The van der Waals surface area contributed by atoms with E-state index in [9.17, 15) is 13.2 Å². The van der Waals surface area contributed by atoms with Crippen molar-refractivity contribution in [1.29, 1.82) is 0 Å². The summed E-state index contributed by atoms with van der Waals surface area (Å²) in [7, 11) is -1.29. The number of carbonyl (C=O) groups excluding carboxylic acids is 1. The lowest BCUT2D eigenvalue weighted by molar-refractivity contribution is 0.244. The molecule has 5 nitrogen and oxygen atoms in total. The minimum absolute atomic E-state index is 0.0403. The number of nitrogens with one attached hydrogen (secondary N) is 1. The van der Waals surface area contributed by atoms with E-state index in [1.807, 2.05) is 24.3 Å². The average Bonchev–Trinajstić information content (AvgIpc) is 2.77. The summed E-state index contributed by atoms with van der Waals surface area (Å²) in [4.78, 5) is 13.7. The first-order valence-electron chi connectivity index (χ1n) is 7.13. The molecule has 21 heavy (non-hydrogen) atoms. The SMILES string of the molecule is CC(C)c1cccc(N(C)C(=O)N[C@H]2CCS(=O)(=O)C2)c1. The van der Waals surface area contributed by atoms with Crippen LogP contribution in [0.15, 0.2) is 24.3 Å².